The molecule has 1 aromatic heterocycles. The number of halogens is 1. The lowest BCUT2D eigenvalue weighted by Crippen LogP contribution is -2.11. The normalized spacial score (nSPS) is 10.8. The van der Waals surface area contributed by atoms with Gasteiger partial charge in [0.25, 0.3) is 5.69 Å². The Labute approximate surface area is 206 Å². The highest BCUT2D eigenvalue weighted by Gasteiger charge is 2.22. The Morgan fingerprint density at radius 3 is 2.46 bits per heavy atom. The van der Waals surface area contributed by atoms with Crippen molar-refractivity contribution >= 4 is 29.2 Å². The molecule has 0 aliphatic carbocycles. The second-order valence-corrected chi connectivity index (χ2v) is 8.30. The molecule has 0 aliphatic rings. The lowest BCUT2D eigenvalue weighted by molar-refractivity contribution is -0.384. The van der Waals surface area contributed by atoms with Crippen molar-refractivity contribution in [3.63, 3.8) is 0 Å². The number of aromatic hydroxyl groups is 1. The summed E-state index contributed by atoms with van der Waals surface area (Å²) < 4.78 is 6.03. The molecule has 178 valence electrons. The third kappa shape index (κ3) is 5.33. The number of nitrogens with zero attached hydrogens (tertiary/aromatic N) is 2. The van der Waals surface area contributed by atoms with Crippen LogP contribution in [0.3, 0.4) is 0 Å². The molecule has 1 amide bonds. The van der Waals surface area contributed by atoms with Crippen molar-refractivity contribution in [3.8, 4) is 39.5 Å². The monoisotopic (exact) mass is 491 g/mol. The van der Waals surface area contributed by atoms with E-state index in [1.54, 1.807) is 48.5 Å². The molecule has 3 aromatic carbocycles. The average Bonchev–Trinajstić information content (AvgIpc) is 3.26. The van der Waals surface area contributed by atoms with E-state index >= 15 is 0 Å². The molecule has 2 N–H and O–H groups in total. The molecule has 4 rings (SSSR count). The van der Waals surface area contributed by atoms with Gasteiger partial charge in [-0.15, -0.1) is 0 Å². The van der Waals surface area contributed by atoms with Crippen molar-refractivity contribution in [2.45, 2.75) is 26.2 Å². The topological polar surface area (TPSA) is 118 Å². The van der Waals surface area contributed by atoms with Crippen molar-refractivity contribution in [2.24, 2.45) is 0 Å². The molecular weight excluding hydrogens is 470 g/mol. The first kappa shape index (κ1) is 24.0. The van der Waals surface area contributed by atoms with Crippen molar-refractivity contribution in [2.75, 3.05) is 5.32 Å². The summed E-state index contributed by atoms with van der Waals surface area (Å²) in [5, 5.41) is 24.9. The van der Waals surface area contributed by atoms with Crippen LogP contribution in [0.1, 0.15) is 26.2 Å². The third-order valence-electron chi connectivity index (χ3n) is 5.40. The highest BCUT2D eigenvalue weighted by Crippen LogP contribution is 2.42. The van der Waals surface area contributed by atoms with Crippen LogP contribution in [0.15, 0.2) is 71.1 Å². The fourth-order valence-corrected chi connectivity index (χ4v) is 3.78. The van der Waals surface area contributed by atoms with Crippen LogP contribution in [0.25, 0.3) is 33.7 Å². The Hall–Kier alpha value is -4.17. The van der Waals surface area contributed by atoms with E-state index in [1.807, 2.05) is 6.92 Å². The number of hydrogen-bond donors (Lipinski definition) is 2. The van der Waals surface area contributed by atoms with Gasteiger partial charge in [0, 0.05) is 34.2 Å². The number of amides is 1. The fourth-order valence-electron chi connectivity index (χ4n) is 3.66. The molecule has 0 aliphatic heterocycles. The van der Waals surface area contributed by atoms with E-state index in [0.29, 0.717) is 45.2 Å². The minimum atomic E-state index is -0.571. The van der Waals surface area contributed by atoms with Gasteiger partial charge in [0.2, 0.25) is 5.91 Å². The summed E-state index contributed by atoms with van der Waals surface area (Å²) in [6.07, 6.45) is 1.97. The van der Waals surface area contributed by atoms with E-state index in [1.165, 1.54) is 12.1 Å². The van der Waals surface area contributed by atoms with Crippen LogP contribution in [0.2, 0.25) is 5.02 Å². The quantitative estimate of drug-likeness (QED) is 0.201. The molecule has 9 heteroatoms. The summed E-state index contributed by atoms with van der Waals surface area (Å²) in [7, 11) is 0. The summed E-state index contributed by atoms with van der Waals surface area (Å²) in [6, 6.07) is 18.1. The zero-order valence-corrected chi connectivity index (χ0v) is 19.6. The van der Waals surface area contributed by atoms with E-state index in [9.17, 15) is 20.0 Å². The maximum atomic E-state index is 12.3. The van der Waals surface area contributed by atoms with Crippen LogP contribution >= 0.6 is 11.6 Å². The number of phenols is 1. The number of aromatic nitrogens is 1. The largest absolute Gasteiger partial charge is 0.507 e. The minimum absolute atomic E-state index is 0.0498. The Kier molecular flexibility index (Phi) is 7.12. The summed E-state index contributed by atoms with van der Waals surface area (Å²) in [5.74, 6) is -0.0811. The first-order valence-corrected chi connectivity index (χ1v) is 11.4. The number of non-ortho nitro benzene ring substituents is 1. The molecule has 0 radical (unpaired) electrons. The standard InChI is InChI=1S/C26H22ClN3O5/c1-2-3-8-23(32)28-26-29-24(16-9-11-17(27)12-10-16)25(35-26)21-7-5-4-6-19(21)20-14-13-18(30(33)34)15-22(20)31/h4-7,9-15,31H,2-3,8H2,1H3,(H,28,29,32). The van der Waals surface area contributed by atoms with E-state index < -0.39 is 4.92 Å². The van der Waals surface area contributed by atoms with Crippen LogP contribution in [0, 0.1) is 10.1 Å². The zero-order chi connectivity index (χ0) is 24.9. The number of oxazole rings is 1. The summed E-state index contributed by atoms with van der Waals surface area (Å²) in [6.45, 7) is 2.00. The van der Waals surface area contributed by atoms with Crippen LogP contribution < -0.4 is 5.32 Å². The third-order valence-corrected chi connectivity index (χ3v) is 5.65. The van der Waals surface area contributed by atoms with Crippen molar-refractivity contribution in [1.82, 2.24) is 4.98 Å². The minimum Gasteiger partial charge on any atom is -0.507 e. The van der Waals surface area contributed by atoms with Gasteiger partial charge in [-0.05, 0) is 30.2 Å². The van der Waals surface area contributed by atoms with E-state index in [4.69, 9.17) is 16.0 Å². The molecule has 0 saturated carbocycles. The highest BCUT2D eigenvalue weighted by molar-refractivity contribution is 6.30. The predicted molar refractivity (Wildman–Crippen MR) is 134 cm³/mol. The lowest BCUT2D eigenvalue weighted by Gasteiger charge is -2.11. The van der Waals surface area contributed by atoms with Gasteiger partial charge >= 0.3 is 6.01 Å². The number of hydrogen-bond acceptors (Lipinski definition) is 6. The second-order valence-electron chi connectivity index (χ2n) is 7.86. The van der Waals surface area contributed by atoms with Crippen molar-refractivity contribution < 1.29 is 19.2 Å². The Morgan fingerprint density at radius 1 is 1.09 bits per heavy atom. The van der Waals surface area contributed by atoms with E-state index in [0.717, 1.165) is 18.9 Å². The number of nitro benzene ring substituents is 1. The first-order valence-electron chi connectivity index (χ1n) is 11.0. The molecule has 8 nitrogen and oxygen atoms in total. The fraction of sp³-hybridized carbons (Fsp3) is 0.154. The SMILES string of the molecule is CCCCC(=O)Nc1nc(-c2ccc(Cl)cc2)c(-c2ccccc2-c2ccc([N+](=O)[O-])cc2O)o1. The van der Waals surface area contributed by atoms with Gasteiger partial charge in [0.05, 0.1) is 11.0 Å². The van der Waals surface area contributed by atoms with Gasteiger partial charge in [-0.3, -0.25) is 20.2 Å². The van der Waals surface area contributed by atoms with Crippen LogP contribution in [0.5, 0.6) is 5.75 Å². The maximum Gasteiger partial charge on any atom is 0.302 e. The predicted octanol–water partition coefficient (Wildman–Crippen LogP) is 7.07. The summed E-state index contributed by atoms with van der Waals surface area (Å²) >= 11 is 6.06. The van der Waals surface area contributed by atoms with Crippen LogP contribution in [-0.4, -0.2) is 20.9 Å². The number of carbonyl (C=O) groups is 1. The maximum absolute atomic E-state index is 12.3. The number of phenolic OH excluding ortho intramolecular Hbond substituents is 1. The molecule has 0 atom stereocenters. The number of unbranched alkanes of at least 4 members (excludes halogenated alkanes) is 1. The number of carbonyl (C=O) groups excluding carboxylic acids is 1. The second kappa shape index (κ2) is 10.4. The molecule has 0 bridgehead atoms. The van der Waals surface area contributed by atoms with Crippen LogP contribution in [0.4, 0.5) is 11.7 Å². The van der Waals surface area contributed by atoms with Gasteiger partial charge in [0.1, 0.15) is 11.4 Å². The van der Waals surface area contributed by atoms with E-state index in [2.05, 4.69) is 10.3 Å². The Morgan fingerprint density at radius 2 is 1.80 bits per heavy atom. The number of nitrogens with one attached hydrogen (secondary N) is 1. The molecule has 0 unspecified atom stereocenters. The number of rotatable bonds is 8. The summed E-state index contributed by atoms with van der Waals surface area (Å²) in [4.78, 5) is 27.4. The zero-order valence-electron chi connectivity index (χ0n) is 18.8. The number of anilines is 1. The van der Waals surface area contributed by atoms with Crippen molar-refractivity contribution in [3.05, 3.63) is 81.9 Å². The van der Waals surface area contributed by atoms with E-state index in [-0.39, 0.29) is 23.4 Å². The molecule has 0 spiro atoms. The van der Waals surface area contributed by atoms with Gasteiger partial charge in [-0.1, -0.05) is 61.3 Å². The van der Waals surface area contributed by atoms with Crippen LogP contribution in [-0.2, 0) is 4.79 Å². The number of benzene rings is 3. The van der Waals surface area contributed by atoms with Gasteiger partial charge in [-0.2, -0.15) is 4.98 Å². The average molecular weight is 492 g/mol. The molecular formula is C26H22ClN3O5. The smallest absolute Gasteiger partial charge is 0.302 e. The summed E-state index contributed by atoms with van der Waals surface area (Å²) in [5.41, 5.74) is 2.52. The molecule has 0 fully saturated rings. The molecule has 35 heavy (non-hydrogen) atoms. The number of nitro groups is 1. The first-order chi connectivity index (χ1) is 16.9. The van der Waals surface area contributed by atoms with Gasteiger partial charge in [0.15, 0.2) is 5.76 Å². The Bertz CT molecular complexity index is 1380. The van der Waals surface area contributed by atoms with Gasteiger partial charge in [-0.25, -0.2) is 0 Å². The molecule has 0 saturated heterocycles. The molecule has 4 aromatic rings. The van der Waals surface area contributed by atoms with Crippen molar-refractivity contribution in [1.29, 1.82) is 0 Å². The lowest BCUT2D eigenvalue weighted by atomic mass is 9.95. The highest BCUT2D eigenvalue weighted by atomic mass is 35.5. The Balaban J connectivity index is 1.84. The molecule has 1 heterocycles. The van der Waals surface area contributed by atoms with Gasteiger partial charge < -0.3 is 9.52 Å².